The maximum atomic E-state index is 6.34. The minimum Gasteiger partial charge on any atom is -0.355 e. The predicted octanol–water partition coefficient (Wildman–Crippen LogP) is 3.08. The first-order chi connectivity index (χ1) is 8.74. The number of aromatic nitrogens is 1. The van der Waals surface area contributed by atoms with Crippen molar-refractivity contribution in [2.75, 3.05) is 25.0 Å². The zero-order valence-corrected chi connectivity index (χ0v) is 12.0. The van der Waals surface area contributed by atoms with Crippen LogP contribution in [0.3, 0.4) is 0 Å². The van der Waals surface area contributed by atoms with Crippen molar-refractivity contribution >= 4 is 17.4 Å². The Morgan fingerprint density at radius 1 is 1.56 bits per heavy atom. The number of hydrogen-bond acceptors (Lipinski definition) is 3. The maximum absolute atomic E-state index is 6.34. The summed E-state index contributed by atoms with van der Waals surface area (Å²) in [7, 11) is 1.93. The van der Waals surface area contributed by atoms with Crippen molar-refractivity contribution in [1.29, 1.82) is 0 Å². The molecule has 1 unspecified atom stereocenters. The Kier molecular flexibility index (Phi) is 4.84. The number of hydrogen-bond donors (Lipinski definition) is 1. The fourth-order valence-corrected chi connectivity index (χ4v) is 2.98. The molecule has 1 aliphatic heterocycles. The third kappa shape index (κ3) is 3.15. The van der Waals surface area contributed by atoms with Gasteiger partial charge in [0.25, 0.3) is 0 Å². The van der Waals surface area contributed by atoms with Crippen LogP contribution < -0.4 is 10.2 Å². The molecule has 1 atom stereocenters. The van der Waals surface area contributed by atoms with Gasteiger partial charge in [0.1, 0.15) is 5.82 Å². The lowest BCUT2D eigenvalue weighted by molar-refractivity contribution is 0.529. The van der Waals surface area contributed by atoms with Crippen molar-refractivity contribution in [3.63, 3.8) is 0 Å². The third-order valence-electron chi connectivity index (χ3n) is 3.54. The second-order valence-electron chi connectivity index (χ2n) is 5.07. The molecule has 0 radical (unpaired) electrons. The van der Waals surface area contributed by atoms with Crippen LogP contribution >= 0.6 is 11.6 Å². The first-order valence-electron chi connectivity index (χ1n) is 6.78. The summed E-state index contributed by atoms with van der Waals surface area (Å²) in [6.45, 7) is 5.25. The van der Waals surface area contributed by atoms with Crippen LogP contribution in [-0.2, 0) is 6.54 Å². The van der Waals surface area contributed by atoms with Gasteiger partial charge in [0.15, 0.2) is 0 Å². The summed E-state index contributed by atoms with van der Waals surface area (Å²) in [4.78, 5) is 6.85. The molecule has 0 aliphatic carbocycles. The highest BCUT2D eigenvalue weighted by molar-refractivity contribution is 6.33. The van der Waals surface area contributed by atoms with Gasteiger partial charge in [-0.05, 0) is 37.4 Å². The van der Waals surface area contributed by atoms with Gasteiger partial charge in [-0.1, -0.05) is 24.9 Å². The van der Waals surface area contributed by atoms with E-state index in [-0.39, 0.29) is 0 Å². The van der Waals surface area contributed by atoms with Crippen LogP contribution in [0.2, 0.25) is 5.02 Å². The Balaban J connectivity index is 2.05. The van der Waals surface area contributed by atoms with Gasteiger partial charge in [-0.25, -0.2) is 4.98 Å². The summed E-state index contributed by atoms with van der Waals surface area (Å²) < 4.78 is 0. The molecule has 0 aromatic carbocycles. The van der Waals surface area contributed by atoms with Crippen LogP contribution in [0.25, 0.3) is 0 Å². The Morgan fingerprint density at radius 2 is 2.39 bits per heavy atom. The molecule has 4 heteroatoms. The molecule has 1 saturated heterocycles. The average Bonchev–Trinajstić information content (AvgIpc) is 2.78. The van der Waals surface area contributed by atoms with Gasteiger partial charge >= 0.3 is 0 Å². The van der Waals surface area contributed by atoms with E-state index < -0.39 is 0 Å². The lowest BCUT2D eigenvalue weighted by Crippen LogP contribution is -2.21. The molecule has 0 spiro atoms. The fraction of sp³-hybridized carbons (Fsp3) is 0.643. The van der Waals surface area contributed by atoms with Gasteiger partial charge in [-0.3, -0.25) is 0 Å². The Labute approximate surface area is 115 Å². The minimum absolute atomic E-state index is 0.778. The second-order valence-corrected chi connectivity index (χ2v) is 5.48. The second kappa shape index (κ2) is 6.39. The largest absolute Gasteiger partial charge is 0.355 e. The predicted molar refractivity (Wildman–Crippen MR) is 77.2 cm³/mol. The molecule has 2 heterocycles. The molecule has 1 fully saturated rings. The first kappa shape index (κ1) is 13.6. The van der Waals surface area contributed by atoms with Crippen LogP contribution in [0.15, 0.2) is 12.3 Å². The molecule has 18 heavy (non-hydrogen) atoms. The standard InChI is InChI=1S/C14H22ClN3/c1-3-4-11-5-6-18(10-11)14-13(15)7-12(8-16-2)9-17-14/h7,9,11,16H,3-6,8,10H2,1-2H3. The summed E-state index contributed by atoms with van der Waals surface area (Å²) in [6, 6.07) is 2.02. The molecule has 1 aromatic heterocycles. The first-order valence-corrected chi connectivity index (χ1v) is 7.16. The molecule has 0 saturated carbocycles. The van der Waals surface area contributed by atoms with E-state index in [1.165, 1.54) is 19.3 Å². The summed E-state index contributed by atoms with van der Waals surface area (Å²) in [5.74, 6) is 1.76. The van der Waals surface area contributed by atoms with Crippen LogP contribution in [0.1, 0.15) is 31.7 Å². The van der Waals surface area contributed by atoms with Crippen molar-refractivity contribution in [3.8, 4) is 0 Å². The van der Waals surface area contributed by atoms with Crippen molar-refractivity contribution in [2.24, 2.45) is 5.92 Å². The SMILES string of the molecule is CCCC1CCN(c2ncc(CNC)cc2Cl)C1. The minimum atomic E-state index is 0.778. The Bertz CT molecular complexity index is 395. The average molecular weight is 268 g/mol. The van der Waals surface area contributed by atoms with Gasteiger partial charge in [0.05, 0.1) is 5.02 Å². The number of rotatable bonds is 5. The zero-order valence-electron chi connectivity index (χ0n) is 11.2. The quantitative estimate of drug-likeness (QED) is 0.889. The molecule has 100 valence electrons. The fourth-order valence-electron chi connectivity index (χ4n) is 2.67. The smallest absolute Gasteiger partial charge is 0.147 e. The van der Waals surface area contributed by atoms with E-state index in [4.69, 9.17) is 11.6 Å². The van der Waals surface area contributed by atoms with E-state index in [1.807, 2.05) is 19.3 Å². The molecule has 0 bridgehead atoms. The topological polar surface area (TPSA) is 28.2 Å². The number of nitrogens with zero attached hydrogens (tertiary/aromatic N) is 2. The van der Waals surface area contributed by atoms with Crippen molar-refractivity contribution in [3.05, 3.63) is 22.8 Å². The molecule has 3 nitrogen and oxygen atoms in total. The van der Waals surface area contributed by atoms with Crippen LogP contribution in [0.4, 0.5) is 5.82 Å². The highest BCUT2D eigenvalue weighted by atomic mass is 35.5. The van der Waals surface area contributed by atoms with E-state index in [0.717, 1.165) is 42.0 Å². The van der Waals surface area contributed by atoms with E-state index in [1.54, 1.807) is 0 Å². The lowest BCUT2D eigenvalue weighted by Gasteiger charge is -2.19. The molecular formula is C14H22ClN3. The van der Waals surface area contributed by atoms with Gasteiger partial charge in [-0.15, -0.1) is 0 Å². The summed E-state index contributed by atoms with van der Waals surface area (Å²) in [6.07, 6.45) is 5.77. The highest BCUT2D eigenvalue weighted by Crippen LogP contribution is 2.30. The van der Waals surface area contributed by atoms with E-state index in [9.17, 15) is 0 Å². The number of anilines is 1. The maximum Gasteiger partial charge on any atom is 0.147 e. The molecule has 1 N–H and O–H groups in total. The number of pyridine rings is 1. The monoisotopic (exact) mass is 267 g/mol. The number of halogens is 1. The van der Waals surface area contributed by atoms with Crippen molar-refractivity contribution < 1.29 is 0 Å². The zero-order chi connectivity index (χ0) is 13.0. The molecule has 1 aromatic rings. The summed E-state index contributed by atoms with van der Waals surface area (Å²) in [5, 5.41) is 3.89. The third-order valence-corrected chi connectivity index (χ3v) is 3.82. The van der Waals surface area contributed by atoms with Gasteiger partial charge in [0.2, 0.25) is 0 Å². The molecule has 0 amide bonds. The summed E-state index contributed by atoms with van der Waals surface area (Å²) >= 11 is 6.34. The van der Waals surface area contributed by atoms with Crippen LogP contribution in [-0.4, -0.2) is 25.1 Å². The van der Waals surface area contributed by atoms with E-state index in [0.29, 0.717) is 0 Å². The van der Waals surface area contributed by atoms with Gasteiger partial charge < -0.3 is 10.2 Å². The molecule has 1 aliphatic rings. The van der Waals surface area contributed by atoms with Crippen LogP contribution in [0.5, 0.6) is 0 Å². The van der Waals surface area contributed by atoms with E-state index in [2.05, 4.69) is 22.1 Å². The van der Waals surface area contributed by atoms with Gasteiger partial charge in [-0.2, -0.15) is 0 Å². The molecular weight excluding hydrogens is 246 g/mol. The number of nitrogens with one attached hydrogen (secondary N) is 1. The Morgan fingerprint density at radius 3 is 3.06 bits per heavy atom. The van der Waals surface area contributed by atoms with Crippen LogP contribution in [0, 0.1) is 5.92 Å². The summed E-state index contributed by atoms with van der Waals surface area (Å²) in [5.41, 5.74) is 1.13. The molecule has 2 rings (SSSR count). The Hall–Kier alpha value is -0.800. The normalized spacial score (nSPS) is 19.5. The van der Waals surface area contributed by atoms with E-state index >= 15 is 0 Å². The highest BCUT2D eigenvalue weighted by Gasteiger charge is 2.24. The van der Waals surface area contributed by atoms with Gasteiger partial charge in [0, 0.05) is 25.8 Å². The lowest BCUT2D eigenvalue weighted by atomic mass is 10.0. The van der Waals surface area contributed by atoms with Crippen molar-refractivity contribution in [1.82, 2.24) is 10.3 Å². The van der Waals surface area contributed by atoms with Crippen molar-refractivity contribution in [2.45, 2.75) is 32.7 Å².